The second kappa shape index (κ2) is 7.45. The van der Waals surface area contributed by atoms with E-state index in [1.165, 1.54) is 11.1 Å². The van der Waals surface area contributed by atoms with Crippen LogP contribution in [0.3, 0.4) is 0 Å². The first kappa shape index (κ1) is 17.0. The van der Waals surface area contributed by atoms with Gasteiger partial charge in [-0.2, -0.15) is 0 Å². The molecule has 3 aliphatic rings. The third-order valence-corrected chi connectivity index (χ3v) is 5.68. The van der Waals surface area contributed by atoms with Crippen LogP contribution in [0.15, 0.2) is 54.1 Å². The van der Waals surface area contributed by atoms with Gasteiger partial charge in [-0.05, 0) is 38.2 Å². The third-order valence-electron chi connectivity index (χ3n) is 5.68. The van der Waals surface area contributed by atoms with Crippen molar-refractivity contribution in [3.05, 3.63) is 59.7 Å². The third kappa shape index (κ3) is 3.46. The van der Waals surface area contributed by atoms with Gasteiger partial charge in [0.2, 0.25) is 0 Å². The molecular weight excluding hydrogens is 312 g/mol. The number of benzene rings is 1. The van der Waals surface area contributed by atoms with E-state index in [0.29, 0.717) is 5.92 Å². The number of hydrogen-bond acceptors (Lipinski definition) is 3. The van der Waals surface area contributed by atoms with Crippen LogP contribution in [0, 0.1) is 5.92 Å². The molecule has 3 nitrogen and oxygen atoms in total. The molecule has 2 aliphatic heterocycles. The Balaban J connectivity index is 1.54. The molecule has 2 fully saturated rings. The fraction of sp³-hybridized carbons (Fsp3) is 0.545. The summed E-state index contributed by atoms with van der Waals surface area (Å²) in [5.41, 5.74) is 2.42. The van der Waals surface area contributed by atoms with Crippen molar-refractivity contribution in [1.82, 2.24) is 0 Å². The maximum absolute atomic E-state index is 6.39. The lowest BCUT2D eigenvalue weighted by Gasteiger charge is -2.49. The molecule has 0 amide bonds. The fourth-order valence-corrected chi connectivity index (χ4v) is 4.38. The summed E-state index contributed by atoms with van der Waals surface area (Å²) in [7, 11) is 0. The first-order valence-electron chi connectivity index (χ1n) is 9.64. The van der Waals surface area contributed by atoms with E-state index in [2.05, 4.69) is 62.4 Å². The van der Waals surface area contributed by atoms with Crippen LogP contribution in [0.1, 0.15) is 51.2 Å². The molecule has 0 aromatic heterocycles. The molecule has 0 spiro atoms. The molecule has 2 heterocycles. The Bertz CT molecular complexity index is 636. The topological polar surface area (TPSA) is 27.7 Å². The van der Waals surface area contributed by atoms with Crippen LogP contribution in [-0.4, -0.2) is 24.6 Å². The highest BCUT2D eigenvalue weighted by molar-refractivity contribution is 5.25. The van der Waals surface area contributed by atoms with Gasteiger partial charge in [0, 0.05) is 11.5 Å². The van der Waals surface area contributed by atoms with Crippen molar-refractivity contribution >= 4 is 0 Å². The number of allylic oxidation sites excluding steroid dienone is 2. The SMILES string of the molecule is CC[C@H]1OC(C2=CCCC=C2)OC2C(C)OC(c3ccccc3)CC21. The Morgan fingerprint density at radius 1 is 1.04 bits per heavy atom. The lowest BCUT2D eigenvalue weighted by Crippen LogP contribution is -2.54. The van der Waals surface area contributed by atoms with Crippen LogP contribution in [-0.2, 0) is 14.2 Å². The van der Waals surface area contributed by atoms with E-state index in [1.54, 1.807) is 0 Å². The predicted octanol–water partition coefficient (Wildman–Crippen LogP) is 4.95. The first-order valence-corrected chi connectivity index (χ1v) is 9.64. The van der Waals surface area contributed by atoms with Crippen molar-refractivity contribution in [2.75, 3.05) is 0 Å². The highest BCUT2D eigenvalue weighted by atomic mass is 16.7. The van der Waals surface area contributed by atoms with E-state index in [4.69, 9.17) is 14.2 Å². The Morgan fingerprint density at radius 3 is 2.60 bits per heavy atom. The standard InChI is InChI=1S/C22H28O3/c1-3-19-18-14-20(16-10-6-4-7-11-16)23-15(2)21(18)25-22(24-19)17-12-8-5-9-13-17/h4,6-8,10-13,15,18-22H,3,5,9,14H2,1-2H3/t15?,18?,19-,20?,21?,22?/m1/s1. The lowest BCUT2D eigenvalue weighted by atomic mass is 9.81. The molecule has 6 atom stereocenters. The zero-order valence-corrected chi connectivity index (χ0v) is 15.1. The Hall–Kier alpha value is -1.42. The van der Waals surface area contributed by atoms with Crippen LogP contribution in [0.4, 0.5) is 0 Å². The van der Waals surface area contributed by atoms with Gasteiger partial charge in [0.05, 0.1) is 24.4 Å². The van der Waals surface area contributed by atoms with E-state index in [0.717, 1.165) is 25.7 Å². The molecule has 1 aromatic rings. The molecule has 0 N–H and O–H groups in total. The van der Waals surface area contributed by atoms with Gasteiger partial charge in [0.15, 0.2) is 6.29 Å². The summed E-state index contributed by atoms with van der Waals surface area (Å²) in [4.78, 5) is 0. The summed E-state index contributed by atoms with van der Waals surface area (Å²) >= 11 is 0. The van der Waals surface area contributed by atoms with E-state index in [-0.39, 0.29) is 30.7 Å². The molecule has 0 bridgehead atoms. The summed E-state index contributed by atoms with van der Waals surface area (Å²) in [5, 5.41) is 0. The summed E-state index contributed by atoms with van der Waals surface area (Å²) in [6.07, 6.45) is 11.0. The van der Waals surface area contributed by atoms with Crippen molar-refractivity contribution in [2.45, 2.75) is 70.2 Å². The average molecular weight is 340 g/mol. The Kier molecular flexibility index (Phi) is 5.07. The van der Waals surface area contributed by atoms with E-state index >= 15 is 0 Å². The molecule has 1 aromatic carbocycles. The zero-order valence-electron chi connectivity index (χ0n) is 15.1. The first-order chi connectivity index (χ1) is 12.3. The minimum Gasteiger partial charge on any atom is -0.368 e. The molecule has 2 saturated heterocycles. The molecule has 25 heavy (non-hydrogen) atoms. The molecule has 5 unspecified atom stereocenters. The molecule has 1 aliphatic carbocycles. The lowest BCUT2D eigenvalue weighted by molar-refractivity contribution is -0.299. The van der Waals surface area contributed by atoms with Gasteiger partial charge in [-0.15, -0.1) is 0 Å². The van der Waals surface area contributed by atoms with E-state index in [1.807, 2.05) is 0 Å². The maximum atomic E-state index is 6.39. The monoisotopic (exact) mass is 340 g/mol. The van der Waals surface area contributed by atoms with Crippen molar-refractivity contribution in [3.63, 3.8) is 0 Å². The van der Waals surface area contributed by atoms with Crippen LogP contribution >= 0.6 is 0 Å². The van der Waals surface area contributed by atoms with Gasteiger partial charge in [0.25, 0.3) is 0 Å². The number of hydrogen-bond donors (Lipinski definition) is 0. The van der Waals surface area contributed by atoms with Crippen LogP contribution < -0.4 is 0 Å². The van der Waals surface area contributed by atoms with E-state index < -0.39 is 0 Å². The highest BCUT2D eigenvalue weighted by Crippen LogP contribution is 2.43. The van der Waals surface area contributed by atoms with Gasteiger partial charge in [-0.3, -0.25) is 0 Å². The Morgan fingerprint density at radius 2 is 1.88 bits per heavy atom. The molecule has 4 rings (SSSR count). The van der Waals surface area contributed by atoms with Crippen LogP contribution in [0.5, 0.6) is 0 Å². The second-order valence-electron chi connectivity index (χ2n) is 7.34. The zero-order chi connectivity index (χ0) is 17.2. The molecule has 134 valence electrons. The number of rotatable bonds is 3. The van der Waals surface area contributed by atoms with Crippen molar-refractivity contribution in [3.8, 4) is 0 Å². The van der Waals surface area contributed by atoms with Crippen molar-refractivity contribution < 1.29 is 14.2 Å². The fourth-order valence-electron chi connectivity index (χ4n) is 4.38. The minimum atomic E-state index is -0.248. The summed E-state index contributed by atoms with van der Waals surface area (Å²) in [6.45, 7) is 4.36. The van der Waals surface area contributed by atoms with E-state index in [9.17, 15) is 0 Å². The molecular formula is C22H28O3. The van der Waals surface area contributed by atoms with Gasteiger partial charge < -0.3 is 14.2 Å². The second-order valence-corrected chi connectivity index (χ2v) is 7.34. The largest absolute Gasteiger partial charge is 0.368 e. The molecule has 0 saturated carbocycles. The van der Waals surface area contributed by atoms with Gasteiger partial charge in [-0.1, -0.05) is 55.5 Å². The molecule has 0 radical (unpaired) electrons. The predicted molar refractivity (Wildman–Crippen MR) is 98.1 cm³/mol. The smallest absolute Gasteiger partial charge is 0.184 e. The summed E-state index contributed by atoms with van der Waals surface area (Å²) in [6, 6.07) is 10.5. The molecule has 3 heteroatoms. The van der Waals surface area contributed by atoms with Gasteiger partial charge in [0.1, 0.15) is 0 Å². The van der Waals surface area contributed by atoms with Gasteiger partial charge >= 0.3 is 0 Å². The summed E-state index contributed by atoms with van der Waals surface area (Å²) < 4.78 is 19.1. The normalized spacial score (nSPS) is 38.1. The van der Waals surface area contributed by atoms with Crippen LogP contribution in [0.25, 0.3) is 0 Å². The number of ether oxygens (including phenoxy) is 3. The summed E-state index contributed by atoms with van der Waals surface area (Å²) in [5.74, 6) is 0.378. The van der Waals surface area contributed by atoms with Crippen molar-refractivity contribution in [1.29, 1.82) is 0 Å². The van der Waals surface area contributed by atoms with Gasteiger partial charge in [-0.25, -0.2) is 0 Å². The number of fused-ring (bicyclic) bond motifs is 1. The average Bonchev–Trinajstić information content (AvgIpc) is 2.68. The highest BCUT2D eigenvalue weighted by Gasteiger charge is 2.47. The quantitative estimate of drug-likeness (QED) is 0.779. The van der Waals surface area contributed by atoms with Crippen molar-refractivity contribution in [2.24, 2.45) is 5.92 Å². The van der Waals surface area contributed by atoms with Crippen LogP contribution in [0.2, 0.25) is 0 Å². The maximum Gasteiger partial charge on any atom is 0.184 e. The minimum absolute atomic E-state index is 0.0672. The Labute approximate surface area is 150 Å².